The van der Waals surface area contributed by atoms with Gasteiger partial charge < -0.3 is 0 Å². The largest absolute Gasteiger partial charge is 0.245 e. The molecule has 0 aliphatic rings. The Morgan fingerprint density at radius 1 is 1.65 bits per heavy atom. The maximum absolute atomic E-state index is 12.1. The normalized spacial score (nSPS) is 13.4. The van der Waals surface area contributed by atoms with E-state index >= 15 is 0 Å². The van der Waals surface area contributed by atoms with Crippen LogP contribution in [0, 0.1) is 17.2 Å². The van der Waals surface area contributed by atoms with Crippen molar-refractivity contribution in [3.8, 4) is 6.07 Å². The lowest BCUT2D eigenvalue weighted by Gasteiger charge is -2.18. The van der Waals surface area contributed by atoms with Crippen molar-refractivity contribution in [2.24, 2.45) is 5.92 Å². The number of aromatic nitrogens is 1. The van der Waals surface area contributed by atoms with Crippen LogP contribution in [0.2, 0.25) is 5.15 Å². The Hall–Kier alpha value is -1.16. The first-order valence-electron chi connectivity index (χ1n) is 4.86. The Morgan fingerprint density at radius 2 is 2.29 bits per heavy atom. The monoisotopic (exact) mass is 273 g/mol. The number of nitrogens with zero attached hydrogens (tertiary/aromatic N) is 3. The summed E-state index contributed by atoms with van der Waals surface area (Å²) in [5, 5.41) is 8.60. The van der Waals surface area contributed by atoms with Crippen LogP contribution in [0.5, 0.6) is 0 Å². The zero-order chi connectivity index (χ0) is 13.1. The van der Waals surface area contributed by atoms with E-state index in [-0.39, 0.29) is 22.5 Å². The average Bonchev–Trinajstić information content (AvgIpc) is 2.29. The summed E-state index contributed by atoms with van der Waals surface area (Å²) in [6, 6.07) is 4.87. The Morgan fingerprint density at radius 3 is 2.82 bits per heavy atom. The van der Waals surface area contributed by atoms with E-state index in [2.05, 4.69) is 4.98 Å². The topological polar surface area (TPSA) is 74.1 Å². The molecule has 0 fully saturated rings. The number of pyridine rings is 1. The highest BCUT2D eigenvalue weighted by Gasteiger charge is 2.25. The minimum Gasteiger partial charge on any atom is -0.243 e. The van der Waals surface area contributed by atoms with Crippen LogP contribution >= 0.6 is 11.6 Å². The third-order valence-corrected chi connectivity index (χ3v) is 4.43. The summed E-state index contributed by atoms with van der Waals surface area (Å²) in [5.41, 5.74) is 0. The van der Waals surface area contributed by atoms with Gasteiger partial charge in [-0.3, -0.25) is 0 Å². The first-order chi connectivity index (χ1) is 7.89. The van der Waals surface area contributed by atoms with Gasteiger partial charge in [0.1, 0.15) is 10.0 Å². The fourth-order valence-corrected chi connectivity index (χ4v) is 2.94. The van der Waals surface area contributed by atoms with Crippen molar-refractivity contribution < 1.29 is 8.42 Å². The number of nitriles is 1. The molecule has 92 valence electrons. The van der Waals surface area contributed by atoms with E-state index in [9.17, 15) is 8.42 Å². The van der Waals surface area contributed by atoms with Crippen LogP contribution in [0.4, 0.5) is 0 Å². The second-order valence-corrected chi connectivity index (χ2v) is 5.98. The minimum atomic E-state index is -3.69. The highest BCUT2D eigenvalue weighted by molar-refractivity contribution is 7.89. The van der Waals surface area contributed by atoms with Crippen LogP contribution < -0.4 is 0 Å². The van der Waals surface area contributed by atoms with E-state index in [1.165, 1.54) is 25.4 Å². The molecular formula is C10H12ClN3O2S. The third-order valence-electron chi connectivity index (χ3n) is 2.16. The van der Waals surface area contributed by atoms with E-state index in [0.29, 0.717) is 0 Å². The van der Waals surface area contributed by atoms with Gasteiger partial charge in [-0.05, 0) is 19.1 Å². The zero-order valence-corrected chi connectivity index (χ0v) is 11.0. The molecule has 0 aromatic carbocycles. The van der Waals surface area contributed by atoms with Crippen molar-refractivity contribution in [1.29, 1.82) is 5.26 Å². The molecule has 1 heterocycles. The van der Waals surface area contributed by atoms with E-state index in [0.717, 1.165) is 4.31 Å². The number of halogens is 1. The zero-order valence-electron chi connectivity index (χ0n) is 9.46. The predicted molar refractivity (Wildman–Crippen MR) is 63.8 cm³/mol. The predicted octanol–water partition coefficient (Wildman–Crippen LogP) is 1.52. The number of sulfonamides is 1. The van der Waals surface area contributed by atoms with Gasteiger partial charge in [-0.1, -0.05) is 11.6 Å². The number of hydrogen-bond donors (Lipinski definition) is 0. The SMILES string of the molecule is CC(C#N)CN(C)S(=O)(=O)c1cccnc1Cl. The number of rotatable bonds is 4. The smallest absolute Gasteiger partial charge is 0.243 e. The molecule has 0 saturated heterocycles. The maximum Gasteiger partial charge on any atom is 0.245 e. The van der Waals surface area contributed by atoms with Crippen LogP contribution in [0.25, 0.3) is 0 Å². The molecule has 1 atom stereocenters. The second kappa shape index (κ2) is 5.45. The van der Waals surface area contributed by atoms with Gasteiger partial charge in [-0.2, -0.15) is 9.57 Å². The van der Waals surface area contributed by atoms with Crippen molar-refractivity contribution in [3.05, 3.63) is 23.5 Å². The first-order valence-corrected chi connectivity index (χ1v) is 6.68. The van der Waals surface area contributed by atoms with Crippen molar-refractivity contribution in [1.82, 2.24) is 9.29 Å². The van der Waals surface area contributed by atoms with Gasteiger partial charge in [-0.25, -0.2) is 13.4 Å². The first kappa shape index (κ1) is 13.9. The molecule has 1 rings (SSSR count). The van der Waals surface area contributed by atoms with Crippen molar-refractivity contribution in [3.63, 3.8) is 0 Å². The maximum atomic E-state index is 12.1. The molecule has 7 heteroatoms. The van der Waals surface area contributed by atoms with E-state index < -0.39 is 10.0 Å². The summed E-state index contributed by atoms with van der Waals surface area (Å²) < 4.78 is 25.3. The molecule has 1 aromatic heterocycles. The van der Waals surface area contributed by atoms with E-state index in [4.69, 9.17) is 16.9 Å². The lowest BCUT2D eigenvalue weighted by Crippen LogP contribution is -2.31. The van der Waals surface area contributed by atoms with Crippen LogP contribution in [0.3, 0.4) is 0 Å². The van der Waals surface area contributed by atoms with Crippen molar-refractivity contribution in [2.45, 2.75) is 11.8 Å². The molecule has 0 amide bonds. The molecule has 17 heavy (non-hydrogen) atoms. The summed E-state index contributed by atoms with van der Waals surface area (Å²) in [6.07, 6.45) is 1.42. The molecule has 1 unspecified atom stereocenters. The Balaban J connectivity index is 3.05. The molecule has 0 aliphatic heterocycles. The summed E-state index contributed by atoms with van der Waals surface area (Å²) >= 11 is 5.74. The van der Waals surface area contributed by atoms with Crippen LogP contribution in [-0.2, 0) is 10.0 Å². The third kappa shape index (κ3) is 3.16. The highest BCUT2D eigenvalue weighted by atomic mass is 35.5. The summed E-state index contributed by atoms with van der Waals surface area (Å²) in [6.45, 7) is 1.76. The van der Waals surface area contributed by atoms with Gasteiger partial charge >= 0.3 is 0 Å². The van der Waals surface area contributed by atoms with Gasteiger partial charge in [0.05, 0.1) is 12.0 Å². The molecule has 1 aromatic rings. The lowest BCUT2D eigenvalue weighted by molar-refractivity contribution is 0.439. The molecule has 0 bridgehead atoms. The van der Waals surface area contributed by atoms with Gasteiger partial charge in [0, 0.05) is 19.8 Å². The molecule has 0 aliphatic carbocycles. The van der Waals surface area contributed by atoms with Crippen molar-refractivity contribution in [2.75, 3.05) is 13.6 Å². The standard InChI is InChI=1S/C10H12ClN3O2S/c1-8(6-12)7-14(2)17(15,16)9-4-3-5-13-10(9)11/h3-5,8H,7H2,1-2H3. The van der Waals surface area contributed by atoms with Crippen LogP contribution in [0.15, 0.2) is 23.2 Å². The summed E-state index contributed by atoms with van der Waals surface area (Å²) in [4.78, 5) is 3.67. The van der Waals surface area contributed by atoms with Crippen LogP contribution in [0.1, 0.15) is 6.92 Å². The van der Waals surface area contributed by atoms with Crippen LogP contribution in [-0.4, -0.2) is 31.3 Å². The van der Waals surface area contributed by atoms with Gasteiger partial charge in [0.2, 0.25) is 10.0 Å². The molecule has 0 spiro atoms. The van der Waals surface area contributed by atoms with Gasteiger partial charge in [-0.15, -0.1) is 0 Å². The lowest BCUT2D eigenvalue weighted by atomic mass is 10.2. The van der Waals surface area contributed by atoms with E-state index in [1.807, 2.05) is 6.07 Å². The number of hydrogen-bond acceptors (Lipinski definition) is 4. The molecule has 0 saturated carbocycles. The quantitative estimate of drug-likeness (QED) is 0.780. The molecule has 5 nitrogen and oxygen atoms in total. The Bertz CT molecular complexity index is 539. The van der Waals surface area contributed by atoms with E-state index in [1.54, 1.807) is 6.92 Å². The summed E-state index contributed by atoms with van der Waals surface area (Å²) in [7, 11) is -2.28. The Kier molecular flexibility index (Phi) is 4.46. The van der Waals surface area contributed by atoms with Gasteiger partial charge in [0.15, 0.2) is 0 Å². The Labute approximate surface area is 106 Å². The summed E-state index contributed by atoms with van der Waals surface area (Å²) in [5.74, 6) is -0.384. The molecule has 0 N–H and O–H groups in total. The minimum absolute atomic E-state index is 0.0469. The molecule has 0 radical (unpaired) electrons. The second-order valence-electron chi connectivity index (χ2n) is 3.61. The fraction of sp³-hybridized carbons (Fsp3) is 0.400. The molecular weight excluding hydrogens is 262 g/mol. The average molecular weight is 274 g/mol. The van der Waals surface area contributed by atoms with Gasteiger partial charge in [0.25, 0.3) is 0 Å². The highest BCUT2D eigenvalue weighted by Crippen LogP contribution is 2.21. The van der Waals surface area contributed by atoms with Crippen molar-refractivity contribution >= 4 is 21.6 Å². The fourth-order valence-electron chi connectivity index (χ4n) is 1.26.